The van der Waals surface area contributed by atoms with Gasteiger partial charge < -0.3 is 20.4 Å². The molecule has 1 saturated heterocycles. The molecule has 8 nitrogen and oxygen atoms in total. The minimum Gasteiger partial charge on any atom is -0.354 e. The Labute approximate surface area is 223 Å². The van der Waals surface area contributed by atoms with Gasteiger partial charge in [-0.05, 0) is 55.7 Å². The number of hydrogen-bond acceptors (Lipinski definition) is 6. The Balaban J connectivity index is 1.29. The van der Waals surface area contributed by atoms with Crippen molar-refractivity contribution in [3.8, 4) is 0 Å². The van der Waals surface area contributed by atoms with Gasteiger partial charge in [-0.15, -0.1) is 0 Å². The molecule has 0 spiro atoms. The van der Waals surface area contributed by atoms with Crippen LogP contribution in [-0.2, 0) is 17.8 Å². The highest BCUT2D eigenvalue weighted by Gasteiger charge is 2.23. The number of anilines is 2. The second-order valence-corrected chi connectivity index (χ2v) is 9.70. The van der Waals surface area contributed by atoms with Crippen molar-refractivity contribution in [3.63, 3.8) is 0 Å². The highest BCUT2D eigenvalue weighted by atomic mass is 16.2. The van der Waals surface area contributed by atoms with Crippen molar-refractivity contribution >= 4 is 28.3 Å². The second kappa shape index (κ2) is 10.7. The van der Waals surface area contributed by atoms with Gasteiger partial charge in [0.05, 0.1) is 29.1 Å². The van der Waals surface area contributed by atoms with Gasteiger partial charge in [0, 0.05) is 43.5 Å². The summed E-state index contributed by atoms with van der Waals surface area (Å²) < 4.78 is 2.01. The maximum Gasteiger partial charge on any atom is 0.272 e. The predicted molar refractivity (Wildman–Crippen MR) is 152 cm³/mol. The summed E-state index contributed by atoms with van der Waals surface area (Å²) in [5, 5.41) is 12.5. The number of fused-ring (bicyclic) bond motifs is 2. The number of piperazine rings is 1. The molecule has 1 fully saturated rings. The van der Waals surface area contributed by atoms with Crippen LogP contribution in [0.3, 0.4) is 0 Å². The fraction of sp³-hybridized carbons (Fsp3) is 0.300. The highest BCUT2D eigenvalue weighted by Crippen LogP contribution is 2.30. The van der Waals surface area contributed by atoms with Gasteiger partial charge in [0.2, 0.25) is 0 Å². The van der Waals surface area contributed by atoms with Crippen molar-refractivity contribution in [1.82, 2.24) is 25.0 Å². The monoisotopic (exact) mass is 507 g/mol. The van der Waals surface area contributed by atoms with Crippen molar-refractivity contribution in [2.75, 3.05) is 36.4 Å². The van der Waals surface area contributed by atoms with E-state index < -0.39 is 0 Å². The summed E-state index contributed by atoms with van der Waals surface area (Å²) in [6, 6.07) is 12.2. The molecule has 3 aromatic rings. The van der Waals surface area contributed by atoms with Gasteiger partial charge in [0.25, 0.3) is 5.91 Å². The summed E-state index contributed by atoms with van der Waals surface area (Å²) in [7, 11) is 0. The summed E-state index contributed by atoms with van der Waals surface area (Å²) in [6.07, 6.45) is 14.6. The average Bonchev–Trinajstić information content (AvgIpc) is 3.17. The van der Waals surface area contributed by atoms with Crippen LogP contribution in [0, 0.1) is 0 Å². The third-order valence-electron chi connectivity index (χ3n) is 7.22. The lowest BCUT2D eigenvalue weighted by Crippen LogP contribution is -2.43. The van der Waals surface area contributed by atoms with E-state index in [-0.39, 0.29) is 5.91 Å². The first-order chi connectivity index (χ1) is 18.7. The van der Waals surface area contributed by atoms with Crippen LogP contribution in [-0.4, -0.2) is 51.8 Å². The maximum absolute atomic E-state index is 13.6. The van der Waals surface area contributed by atoms with Crippen molar-refractivity contribution in [1.29, 1.82) is 0 Å². The number of aryl methyl sites for hydroxylation is 1. The van der Waals surface area contributed by atoms with Crippen molar-refractivity contribution < 1.29 is 4.79 Å². The molecule has 0 aliphatic carbocycles. The van der Waals surface area contributed by atoms with Crippen molar-refractivity contribution in [2.24, 2.45) is 0 Å². The fourth-order valence-corrected chi connectivity index (χ4v) is 5.34. The number of pyridine rings is 1. The Kier molecular flexibility index (Phi) is 6.79. The van der Waals surface area contributed by atoms with Crippen molar-refractivity contribution in [2.45, 2.75) is 32.7 Å². The van der Waals surface area contributed by atoms with Gasteiger partial charge in [-0.25, -0.2) is 4.98 Å². The number of aromatic nitrogens is 3. The molecule has 0 saturated carbocycles. The Bertz CT molecular complexity index is 1470. The molecular weight excluding hydrogens is 474 g/mol. The molecule has 3 aliphatic heterocycles. The number of benzene rings is 1. The van der Waals surface area contributed by atoms with Crippen LogP contribution >= 0.6 is 0 Å². The molecule has 2 aromatic heterocycles. The van der Waals surface area contributed by atoms with E-state index >= 15 is 0 Å². The Morgan fingerprint density at radius 1 is 1.05 bits per heavy atom. The number of carbonyl (C=O) groups is 1. The van der Waals surface area contributed by atoms with Crippen LogP contribution in [0.4, 0.5) is 11.5 Å². The molecule has 194 valence electrons. The molecule has 2 N–H and O–H groups in total. The van der Waals surface area contributed by atoms with Gasteiger partial charge in [0.15, 0.2) is 0 Å². The van der Waals surface area contributed by atoms with Gasteiger partial charge in [-0.3, -0.25) is 9.48 Å². The van der Waals surface area contributed by atoms with Crippen molar-refractivity contribution in [3.05, 3.63) is 95.8 Å². The zero-order chi connectivity index (χ0) is 25.9. The molecule has 38 heavy (non-hydrogen) atoms. The number of nitrogens with one attached hydrogen (secondary N) is 2. The lowest BCUT2D eigenvalue weighted by atomic mass is 10.1. The number of hydrogen-bond donors (Lipinski definition) is 2. The Morgan fingerprint density at radius 2 is 1.89 bits per heavy atom. The number of allylic oxidation sites excluding steroid dienone is 5. The zero-order valence-electron chi connectivity index (χ0n) is 21.7. The largest absolute Gasteiger partial charge is 0.354 e. The molecule has 1 amide bonds. The summed E-state index contributed by atoms with van der Waals surface area (Å²) in [5.74, 6) is 0.890. The van der Waals surface area contributed by atoms with Crippen LogP contribution in [0.5, 0.6) is 0 Å². The number of nitrogens with zero attached hydrogens (tertiary/aromatic N) is 5. The third-order valence-corrected chi connectivity index (χ3v) is 7.22. The van der Waals surface area contributed by atoms with E-state index in [4.69, 9.17) is 10.1 Å². The molecule has 5 heterocycles. The number of rotatable bonds is 6. The molecule has 6 rings (SSSR count). The first-order valence-electron chi connectivity index (χ1n) is 13.5. The molecular formula is C30H33N7O. The quantitative estimate of drug-likeness (QED) is 0.517. The van der Waals surface area contributed by atoms with E-state index in [2.05, 4.69) is 52.8 Å². The van der Waals surface area contributed by atoms with Gasteiger partial charge >= 0.3 is 0 Å². The normalized spacial score (nSPS) is 17.2. The van der Waals surface area contributed by atoms with E-state index in [1.807, 2.05) is 52.2 Å². The minimum atomic E-state index is -0.120. The summed E-state index contributed by atoms with van der Waals surface area (Å²) in [5.41, 5.74) is 5.38. The van der Waals surface area contributed by atoms with E-state index in [0.717, 1.165) is 84.9 Å². The van der Waals surface area contributed by atoms with Crippen LogP contribution in [0.25, 0.3) is 10.9 Å². The van der Waals surface area contributed by atoms with Gasteiger partial charge in [0.1, 0.15) is 11.5 Å². The Hall–Kier alpha value is -4.17. The van der Waals surface area contributed by atoms with Gasteiger partial charge in [-0.1, -0.05) is 37.3 Å². The fourth-order valence-electron chi connectivity index (χ4n) is 5.34. The molecule has 0 atom stereocenters. The van der Waals surface area contributed by atoms with Gasteiger partial charge in [-0.2, -0.15) is 5.10 Å². The first-order valence-corrected chi connectivity index (χ1v) is 13.5. The topological polar surface area (TPSA) is 78.3 Å². The smallest absolute Gasteiger partial charge is 0.272 e. The van der Waals surface area contributed by atoms with E-state index in [1.54, 1.807) is 0 Å². The van der Waals surface area contributed by atoms with E-state index in [9.17, 15) is 4.79 Å². The minimum absolute atomic E-state index is 0.120. The molecule has 0 unspecified atom stereocenters. The van der Waals surface area contributed by atoms with Crippen LogP contribution in [0.2, 0.25) is 0 Å². The third kappa shape index (κ3) is 4.75. The summed E-state index contributed by atoms with van der Waals surface area (Å²) in [4.78, 5) is 22.8. The lowest BCUT2D eigenvalue weighted by Gasteiger charge is -2.28. The first kappa shape index (κ1) is 24.2. The molecule has 0 radical (unpaired) electrons. The summed E-state index contributed by atoms with van der Waals surface area (Å²) in [6.45, 7) is 6.54. The number of carbonyl (C=O) groups excluding carboxylic acids is 1. The maximum atomic E-state index is 13.6. The number of amides is 1. The highest BCUT2D eigenvalue weighted by molar-refractivity contribution is 6.09. The SMILES string of the molecule is CCc1nn(Cc2cccc(N3CCNCC3)n2)c2cccc(NC(=O)C3=CCCC=C4C=CC=CN43)c12. The Morgan fingerprint density at radius 3 is 2.76 bits per heavy atom. The molecule has 3 aliphatic rings. The zero-order valence-corrected chi connectivity index (χ0v) is 21.7. The lowest BCUT2D eigenvalue weighted by molar-refractivity contribution is -0.113. The molecule has 1 aromatic carbocycles. The average molecular weight is 508 g/mol. The second-order valence-electron chi connectivity index (χ2n) is 9.70. The standard InChI is InChI=1S/C30H33N7O/c1-2-24-29-25(33-30(38)27-13-4-3-10-23-11-5-6-18-36(23)27)12-8-14-26(29)37(34-24)21-22-9-7-15-28(32-22)35-19-16-31-17-20-35/h5-15,18,31H,2-4,16-17,19-21H2,1H3,(H,33,38). The molecule has 0 bridgehead atoms. The van der Waals surface area contributed by atoms with Crippen LogP contribution < -0.4 is 15.5 Å². The van der Waals surface area contributed by atoms with Crippen LogP contribution in [0.15, 0.2) is 84.4 Å². The van der Waals surface area contributed by atoms with E-state index in [0.29, 0.717) is 12.2 Å². The van der Waals surface area contributed by atoms with Crippen LogP contribution in [0.1, 0.15) is 31.2 Å². The predicted octanol–water partition coefficient (Wildman–Crippen LogP) is 4.34. The molecule has 8 heteroatoms. The van der Waals surface area contributed by atoms with E-state index in [1.165, 1.54) is 0 Å². The summed E-state index contributed by atoms with van der Waals surface area (Å²) >= 11 is 0.